The minimum Gasteiger partial charge on any atom is -0.492 e. The molecule has 0 radical (unpaired) electrons. The molecule has 2 aromatic carbocycles. The maximum atomic E-state index is 13.5. The first-order valence-electron chi connectivity index (χ1n) is 12.8. The molecular weight excluding hydrogens is 535 g/mol. The number of hydrogen-bond acceptors (Lipinski definition) is 7. The number of ether oxygens (including phenoxy) is 1. The molecule has 0 saturated carbocycles. The number of nitrogens with zero attached hydrogens (tertiary/aromatic N) is 2. The number of nitriles is 1. The third kappa shape index (κ3) is 6.58. The van der Waals surface area contributed by atoms with Crippen molar-refractivity contribution in [1.82, 2.24) is 10.3 Å². The van der Waals surface area contributed by atoms with Crippen molar-refractivity contribution < 1.29 is 26.8 Å². The average molecular weight is 565 g/mol. The van der Waals surface area contributed by atoms with Crippen molar-refractivity contribution in [3.05, 3.63) is 77.1 Å². The third-order valence-electron chi connectivity index (χ3n) is 6.28. The number of aryl methyl sites for hydroxylation is 1. The van der Waals surface area contributed by atoms with E-state index in [-0.39, 0.29) is 28.6 Å². The Hall–Kier alpha value is -4.43. The molecule has 11 heteroatoms. The van der Waals surface area contributed by atoms with E-state index in [4.69, 9.17) is 14.4 Å². The number of furan rings is 1. The Balaban J connectivity index is 1.47. The van der Waals surface area contributed by atoms with Gasteiger partial charge in [-0.1, -0.05) is 19.1 Å². The fourth-order valence-electron chi connectivity index (χ4n) is 4.21. The van der Waals surface area contributed by atoms with Gasteiger partial charge >= 0.3 is 0 Å². The van der Waals surface area contributed by atoms with Crippen LogP contribution in [0.5, 0.6) is 5.75 Å². The number of halogens is 1. The largest absolute Gasteiger partial charge is 0.492 e. The minimum atomic E-state index is -3.73. The highest BCUT2D eigenvalue weighted by molar-refractivity contribution is 7.92. The Labute approximate surface area is 232 Å². The second-order valence-corrected chi connectivity index (χ2v) is 10.9. The molecule has 0 spiro atoms. The molecule has 9 nitrogen and oxygen atoms in total. The molecule has 0 bridgehead atoms. The highest BCUT2D eigenvalue weighted by atomic mass is 32.2. The normalized spacial score (nSPS) is 11.2. The van der Waals surface area contributed by atoms with Crippen molar-refractivity contribution in [2.24, 2.45) is 0 Å². The maximum absolute atomic E-state index is 13.5. The van der Waals surface area contributed by atoms with Gasteiger partial charge in [0.05, 0.1) is 28.9 Å². The Kier molecular flexibility index (Phi) is 9.01. The predicted molar refractivity (Wildman–Crippen MR) is 150 cm³/mol. The molecule has 0 fully saturated rings. The number of sulfonamides is 1. The van der Waals surface area contributed by atoms with E-state index in [1.165, 1.54) is 31.3 Å². The number of aromatic nitrogens is 1. The summed E-state index contributed by atoms with van der Waals surface area (Å²) in [5.41, 5.74) is 1.85. The maximum Gasteiger partial charge on any atom is 0.255 e. The molecule has 2 heterocycles. The van der Waals surface area contributed by atoms with E-state index in [1.807, 2.05) is 6.92 Å². The first-order valence-corrected chi connectivity index (χ1v) is 14.5. The molecule has 2 aromatic heterocycles. The van der Waals surface area contributed by atoms with Crippen LogP contribution in [0.1, 0.15) is 47.7 Å². The average Bonchev–Trinajstić information content (AvgIpc) is 3.32. The van der Waals surface area contributed by atoms with Gasteiger partial charge in [0, 0.05) is 12.6 Å². The molecule has 40 heavy (non-hydrogen) atoms. The van der Waals surface area contributed by atoms with E-state index >= 15 is 0 Å². The van der Waals surface area contributed by atoms with Gasteiger partial charge in [-0.25, -0.2) is 12.8 Å². The van der Waals surface area contributed by atoms with Crippen LogP contribution in [0.2, 0.25) is 0 Å². The molecule has 0 unspecified atom stereocenters. The molecule has 208 valence electrons. The van der Waals surface area contributed by atoms with Gasteiger partial charge in [0.15, 0.2) is 0 Å². The Morgan fingerprint density at radius 2 is 1.88 bits per heavy atom. The topological polar surface area (TPSA) is 134 Å². The number of amides is 1. The molecule has 1 amide bonds. The summed E-state index contributed by atoms with van der Waals surface area (Å²) < 4.78 is 53.4. The Bertz CT molecular complexity index is 1660. The predicted octanol–water partition coefficient (Wildman–Crippen LogP) is 5.42. The van der Waals surface area contributed by atoms with Gasteiger partial charge in [-0.15, -0.1) is 0 Å². The zero-order valence-corrected chi connectivity index (χ0v) is 23.0. The quantitative estimate of drug-likeness (QED) is 0.220. The van der Waals surface area contributed by atoms with E-state index in [9.17, 15) is 17.6 Å². The molecule has 4 aromatic rings. The summed E-state index contributed by atoms with van der Waals surface area (Å²) in [6.07, 6.45) is 2.09. The third-order valence-corrected chi connectivity index (χ3v) is 7.61. The lowest BCUT2D eigenvalue weighted by atomic mass is 10.0. The summed E-state index contributed by atoms with van der Waals surface area (Å²) >= 11 is 0. The van der Waals surface area contributed by atoms with Crippen LogP contribution in [-0.4, -0.2) is 38.7 Å². The lowest BCUT2D eigenvalue weighted by molar-refractivity contribution is 0.0964. The highest BCUT2D eigenvalue weighted by Crippen LogP contribution is 2.35. The second kappa shape index (κ2) is 12.6. The first kappa shape index (κ1) is 28.6. The first-order chi connectivity index (χ1) is 19.3. The number of carbonyl (C=O) groups excluding carboxylic acids is 1. The van der Waals surface area contributed by atoms with Crippen molar-refractivity contribution in [2.45, 2.75) is 32.6 Å². The van der Waals surface area contributed by atoms with Crippen molar-refractivity contribution in [1.29, 1.82) is 5.26 Å². The van der Waals surface area contributed by atoms with Gasteiger partial charge in [-0.3, -0.25) is 9.52 Å². The number of carbonyl (C=O) groups is 1. The number of unbranched alkanes of at least 4 members (excludes halogenated alkanes) is 2. The van der Waals surface area contributed by atoms with Gasteiger partial charge in [0.25, 0.3) is 5.91 Å². The summed E-state index contributed by atoms with van der Waals surface area (Å²) in [6.45, 7) is 2.22. The zero-order valence-electron chi connectivity index (χ0n) is 22.2. The van der Waals surface area contributed by atoms with E-state index < -0.39 is 21.7 Å². The van der Waals surface area contributed by atoms with Crippen LogP contribution in [0.25, 0.3) is 22.4 Å². The fourth-order valence-corrected chi connectivity index (χ4v) is 5.37. The van der Waals surface area contributed by atoms with Crippen LogP contribution in [0, 0.1) is 17.1 Å². The van der Waals surface area contributed by atoms with Crippen molar-refractivity contribution >= 4 is 32.8 Å². The lowest BCUT2D eigenvalue weighted by Crippen LogP contribution is -2.19. The summed E-state index contributed by atoms with van der Waals surface area (Å²) in [7, 11) is -2.24. The molecule has 0 aliphatic carbocycles. The zero-order chi connectivity index (χ0) is 28.7. The molecule has 0 atom stereocenters. The number of hydrogen-bond donors (Lipinski definition) is 2. The summed E-state index contributed by atoms with van der Waals surface area (Å²) in [5.74, 6) is -0.102. The van der Waals surface area contributed by atoms with Crippen molar-refractivity contribution in [3.63, 3.8) is 0 Å². The van der Waals surface area contributed by atoms with Crippen LogP contribution in [0.3, 0.4) is 0 Å². The molecule has 0 aliphatic rings. The van der Waals surface area contributed by atoms with Gasteiger partial charge in [0.1, 0.15) is 29.2 Å². The molecule has 0 aliphatic heterocycles. The fraction of sp³-hybridized carbons (Fsp3) is 0.276. The molecule has 2 N–H and O–H groups in total. The van der Waals surface area contributed by atoms with Gasteiger partial charge in [-0.2, -0.15) is 10.2 Å². The van der Waals surface area contributed by atoms with Crippen molar-refractivity contribution in [3.8, 4) is 23.1 Å². The number of para-hydroxylation sites is 1. The molecule has 0 saturated heterocycles. The minimum absolute atomic E-state index is 0.0858. The summed E-state index contributed by atoms with van der Waals surface area (Å²) in [6, 6.07) is 16.2. The Morgan fingerprint density at radius 3 is 2.58 bits per heavy atom. The van der Waals surface area contributed by atoms with E-state index in [0.29, 0.717) is 60.1 Å². The number of rotatable bonds is 12. The number of benzene rings is 2. The smallest absolute Gasteiger partial charge is 0.255 e. The van der Waals surface area contributed by atoms with Gasteiger partial charge in [0.2, 0.25) is 15.7 Å². The van der Waals surface area contributed by atoms with Crippen LogP contribution < -0.4 is 14.8 Å². The van der Waals surface area contributed by atoms with E-state index in [2.05, 4.69) is 21.1 Å². The van der Waals surface area contributed by atoms with Gasteiger partial charge < -0.3 is 14.5 Å². The number of nitrogens with one attached hydrogen (secondary N) is 2. The molecule has 4 rings (SSSR count). The Morgan fingerprint density at radius 1 is 1.12 bits per heavy atom. The van der Waals surface area contributed by atoms with Crippen LogP contribution in [0.15, 0.2) is 59.0 Å². The van der Waals surface area contributed by atoms with Crippen LogP contribution in [0.4, 0.5) is 10.2 Å². The summed E-state index contributed by atoms with van der Waals surface area (Å²) in [4.78, 5) is 17.2. The second-order valence-electron chi connectivity index (χ2n) is 9.03. The SMILES string of the molecule is CCc1cc2c(C(=O)NC)c(-c3ccc(F)cc3)oc2nc1NS(=O)(=O)CCCCCOc1ccccc1C#N. The lowest BCUT2D eigenvalue weighted by Gasteiger charge is -2.11. The van der Waals surface area contributed by atoms with Crippen LogP contribution in [-0.2, 0) is 16.4 Å². The number of anilines is 1. The van der Waals surface area contributed by atoms with E-state index in [0.717, 1.165) is 0 Å². The summed E-state index contributed by atoms with van der Waals surface area (Å²) in [5, 5.41) is 12.1. The number of fused-ring (bicyclic) bond motifs is 1. The van der Waals surface area contributed by atoms with Crippen LogP contribution >= 0.6 is 0 Å². The highest BCUT2D eigenvalue weighted by Gasteiger charge is 2.25. The van der Waals surface area contributed by atoms with Crippen molar-refractivity contribution in [2.75, 3.05) is 24.1 Å². The van der Waals surface area contributed by atoms with E-state index in [1.54, 1.807) is 30.3 Å². The number of pyridine rings is 1. The van der Waals surface area contributed by atoms with Gasteiger partial charge in [-0.05, 0) is 73.7 Å². The monoisotopic (exact) mass is 564 g/mol. The molecular formula is C29H29FN4O5S. The standard InChI is InChI=1S/C29H29FN4O5S/c1-3-19-17-23-25(28(35)32-2)26(20-11-13-22(30)14-12-20)39-29(23)33-27(19)34-40(36,37)16-8-4-7-15-38-24-10-6-5-9-21(24)18-31/h5-6,9-14,17H,3-4,7-8,15-16H2,1-2H3,(H,32,35)(H,33,34).